The molecule has 0 aliphatic rings. The van der Waals surface area contributed by atoms with Crippen LogP contribution >= 0.6 is 11.3 Å². The number of fused-ring (bicyclic) bond motifs is 1. The van der Waals surface area contributed by atoms with Gasteiger partial charge in [-0.2, -0.15) is 0 Å². The number of nitrogens with zero attached hydrogens (tertiary/aromatic N) is 2. The molecule has 0 saturated heterocycles. The van der Waals surface area contributed by atoms with Crippen LogP contribution in [-0.4, -0.2) is 20.5 Å². The minimum absolute atomic E-state index is 0.116. The van der Waals surface area contributed by atoms with Crippen LogP contribution in [0.25, 0.3) is 10.2 Å². The van der Waals surface area contributed by atoms with Crippen molar-refractivity contribution in [1.29, 1.82) is 0 Å². The normalized spacial score (nSPS) is 10.8. The number of aromatic amines is 1. The van der Waals surface area contributed by atoms with Crippen molar-refractivity contribution in [2.45, 2.75) is 6.61 Å². The molecule has 0 aromatic carbocycles. The third kappa shape index (κ3) is 2.56. The highest BCUT2D eigenvalue weighted by atomic mass is 32.1. The molecule has 3 heterocycles. The Morgan fingerprint density at radius 2 is 2.09 bits per heavy atom. The Balaban J connectivity index is 1.89. The average molecular weight is 317 g/mol. The van der Waals surface area contributed by atoms with Gasteiger partial charge >= 0.3 is 11.7 Å². The van der Waals surface area contributed by atoms with E-state index in [4.69, 9.17) is 4.74 Å². The van der Waals surface area contributed by atoms with Gasteiger partial charge in [-0.25, -0.2) is 9.59 Å². The van der Waals surface area contributed by atoms with E-state index in [9.17, 15) is 14.4 Å². The lowest BCUT2D eigenvalue weighted by molar-refractivity contribution is 0.0478. The molecule has 7 nitrogen and oxygen atoms in total. The Labute approximate surface area is 127 Å². The molecule has 0 spiro atoms. The summed E-state index contributed by atoms with van der Waals surface area (Å²) in [6, 6.07) is 4.92. The molecule has 3 aromatic rings. The summed E-state index contributed by atoms with van der Waals surface area (Å²) in [5.41, 5.74) is -0.215. The summed E-state index contributed by atoms with van der Waals surface area (Å²) in [6.07, 6.45) is 3.22. The maximum absolute atomic E-state index is 12.1. The number of carbonyl (C=O) groups is 1. The van der Waals surface area contributed by atoms with Crippen molar-refractivity contribution in [2.75, 3.05) is 0 Å². The molecule has 0 amide bonds. The molecule has 0 unspecified atom stereocenters. The zero-order chi connectivity index (χ0) is 15.7. The third-order valence-corrected chi connectivity index (χ3v) is 4.30. The maximum Gasteiger partial charge on any atom is 0.348 e. The van der Waals surface area contributed by atoms with Gasteiger partial charge in [0, 0.05) is 19.4 Å². The zero-order valence-electron chi connectivity index (χ0n) is 11.5. The van der Waals surface area contributed by atoms with Gasteiger partial charge in [0.2, 0.25) is 0 Å². The van der Waals surface area contributed by atoms with Gasteiger partial charge in [0.05, 0.1) is 5.39 Å². The lowest BCUT2D eigenvalue weighted by Crippen LogP contribution is -2.27. The van der Waals surface area contributed by atoms with Crippen molar-refractivity contribution in [3.8, 4) is 0 Å². The molecule has 22 heavy (non-hydrogen) atoms. The second kappa shape index (κ2) is 5.57. The zero-order valence-corrected chi connectivity index (χ0v) is 12.3. The molecule has 0 atom stereocenters. The summed E-state index contributed by atoms with van der Waals surface area (Å²) in [4.78, 5) is 42.1. The number of rotatable bonds is 3. The summed E-state index contributed by atoms with van der Waals surface area (Å²) in [5, 5.41) is 0.294. The van der Waals surface area contributed by atoms with Crippen LogP contribution in [0, 0.1) is 0 Å². The van der Waals surface area contributed by atoms with Gasteiger partial charge in [-0.05, 0) is 23.8 Å². The van der Waals surface area contributed by atoms with Crippen LogP contribution in [0.5, 0.6) is 0 Å². The van der Waals surface area contributed by atoms with Crippen LogP contribution in [0.1, 0.15) is 15.2 Å². The lowest BCUT2D eigenvalue weighted by atomic mass is 10.3. The van der Waals surface area contributed by atoms with Crippen LogP contribution in [0.4, 0.5) is 0 Å². The summed E-state index contributed by atoms with van der Waals surface area (Å²) in [7, 11) is 1.53. The Kier molecular flexibility index (Phi) is 3.60. The third-order valence-electron chi connectivity index (χ3n) is 3.11. The molecule has 0 bridgehead atoms. The van der Waals surface area contributed by atoms with Gasteiger partial charge < -0.3 is 4.74 Å². The van der Waals surface area contributed by atoms with Crippen LogP contribution in [0.2, 0.25) is 0 Å². The number of esters is 1. The molecule has 0 saturated carbocycles. The fourth-order valence-electron chi connectivity index (χ4n) is 1.93. The average Bonchev–Trinajstić information content (AvgIpc) is 2.97. The smallest absolute Gasteiger partial charge is 0.348 e. The first-order valence-corrected chi connectivity index (χ1v) is 7.17. The van der Waals surface area contributed by atoms with Crippen molar-refractivity contribution in [2.24, 2.45) is 7.05 Å². The molecule has 8 heteroatoms. The summed E-state index contributed by atoms with van der Waals surface area (Å²) in [5.74, 6) is -0.537. The van der Waals surface area contributed by atoms with Gasteiger partial charge in [0.15, 0.2) is 0 Å². The van der Waals surface area contributed by atoms with E-state index in [0.29, 0.717) is 10.2 Å². The van der Waals surface area contributed by atoms with E-state index < -0.39 is 17.2 Å². The molecule has 0 radical (unpaired) electrons. The SMILES string of the molecule is Cn1c(=O)[nH]c(=O)c2cc(C(=O)OCc3ccncc3)sc21. The predicted molar refractivity (Wildman–Crippen MR) is 81.0 cm³/mol. The quantitative estimate of drug-likeness (QED) is 0.728. The molecular formula is C14H11N3O4S. The van der Waals surface area contributed by atoms with Crippen molar-refractivity contribution in [3.63, 3.8) is 0 Å². The van der Waals surface area contributed by atoms with E-state index in [1.165, 1.54) is 17.7 Å². The second-order valence-corrected chi connectivity index (χ2v) is 5.61. The maximum atomic E-state index is 12.1. The minimum atomic E-state index is -0.537. The number of nitrogens with one attached hydrogen (secondary N) is 1. The summed E-state index contributed by atoms with van der Waals surface area (Å²) in [6.45, 7) is 0.116. The summed E-state index contributed by atoms with van der Waals surface area (Å²) >= 11 is 1.05. The van der Waals surface area contributed by atoms with Crippen LogP contribution < -0.4 is 11.2 Å². The fourth-order valence-corrected chi connectivity index (χ4v) is 2.94. The van der Waals surface area contributed by atoms with Gasteiger partial charge in [-0.1, -0.05) is 0 Å². The number of hydrogen-bond acceptors (Lipinski definition) is 6. The highest BCUT2D eigenvalue weighted by Gasteiger charge is 2.16. The van der Waals surface area contributed by atoms with Gasteiger partial charge in [-0.15, -0.1) is 11.3 Å². The first-order valence-electron chi connectivity index (χ1n) is 6.35. The number of hydrogen-bond donors (Lipinski definition) is 1. The first kappa shape index (κ1) is 14.2. The Bertz CT molecular complexity index is 956. The van der Waals surface area contributed by atoms with Crippen molar-refractivity contribution in [3.05, 3.63) is 61.9 Å². The van der Waals surface area contributed by atoms with Crippen molar-refractivity contribution >= 4 is 27.5 Å². The molecule has 112 valence electrons. The van der Waals surface area contributed by atoms with E-state index in [0.717, 1.165) is 16.9 Å². The van der Waals surface area contributed by atoms with E-state index in [-0.39, 0.29) is 11.5 Å². The van der Waals surface area contributed by atoms with Gasteiger partial charge in [0.1, 0.15) is 16.3 Å². The largest absolute Gasteiger partial charge is 0.457 e. The van der Waals surface area contributed by atoms with Crippen molar-refractivity contribution < 1.29 is 9.53 Å². The lowest BCUT2D eigenvalue weighted by Gasteiger charge is -2.02. The van der Waals surface area contributed by atoms with Crippen LogP contribution in [0.15, 0.2) is 40.2 Å². The highest BCUT2D eigenvalue weighted by Crippen LogP contribution is 2.22. The highest BCUT2D eigenvalue weighted by molar-refractivity contribution is 7.20. The Hall–Kier alpha value is -2.74. The monoisotopic (exact) mass is 317 g/mol. The molecule has 3 aromatic heterocycles. The predicted octanol–water partition coefficient (Wildman–Crippen LogP) is 1.04. The minimum Gasteiger partial charge on any atom is -0.457 e. The molecule has 0 aliphatic carbocycles. The Morgan fingerprint density at radius 3 is 2.82 bits per heavy atom. The number of pyridine rings is 1. The topological polar surface area (TPSA) is 94.1 Å². The van der Waals surface area contributed by atoms with Crippen molar-refractivity contribution in [1.82, 2.24) is 14.5 Å². The fraction of sp³-hybridized carbons (Fsp3) is 0.143. The number of carbonyl (C=O) groups excluding carboxylic acids is 1. The van der Waals surface area contributed by atoms with Gasteiger partial charge in [0.25, 0.3) is 5.56 Å². The number of aryl methyl sites for hydroxylation is 1. The number of thiophene rings is 1. The molecule has 0 fully saturated rings. The van der Waals surface area contributed by atoms with E-state index in [1.54, 1.807) is 24.5 Å². The van der Waals surface area contributed by atoms with Gasteiger partial charge in [-0.3, -0.25) is 19.3 Å². The van der Waals surface area contributed by atoms with E-state index >= 15 is 0 Å². The van der Waals surface area contributed by atoms with E-state index in [2.05, 4.69) is 9.97 Å². The molecule has 3 rings (SSSR count). The number of ether oxygens (including phenoxy) is 1. The summed E-state index contributed by atoms with van der Waals surface area (Å²) < 4.78 is 6.49. The number of H-pyrrole nitrogens is 1. The van der Waals surface area contributed by atoms with Crippen LogP contribution in [0.3, 0.4) is 0 Å². The number of aromatic nitrogens is 3. The van der Waals surface area contributed by atoms with E-state index in [1.807, 2.05) is 0 Å². The molecule has 0 aliphatic heterocycles. The second-order valence-electron chi connectivity index (χ2n) is 4.58. The molecule has 1 N–H and O–H groups in total. The first-order chi connectivity index (χ1) is 10.6. The van der Waals surface area contributed by atoms with Crippen LogP contribution in [-0.2, 0) is 18.4 Å². The standard InChI is InChI=1S/C14H11N3O4S/c1-17-12-9(11(18)16-14(17)20)6-10(22-12)13(19)21-7-8-2-4-15-5-3-8/h2-6H,7H2,1H3,(H,16,18,20). The molecular weight excluding hydrogens is 306 g/mol. The Morgan fingerprint density at radius 1 is 1.36 bits per heavy atom.